The standard InChI is InChI=1S/C53H36/c1-53(2)48-28-12-11-21-40(48)42-27-14-17-34-31-35(32-49(53)50(34)42)37-29-30-47(39-20-6-5-19-38(37)39)52-45-24-9-7-22-43(45)51(44-23-8-10-25-46(44)52)41-26-13-16-33-15-3-4-18-36(33)41/h3-32H,1-2H3. The predicted molar refractivity (Wildman–Crippen MR) is 228 cm³/mol. The monoisotopic (exact) mass is 672 g/mol. The molecule has 10 aromatic carbocycles. The van der Waals surface area contributed by atoms with Crippen molar-refractivity contribution in [3.8, 4) is 44.5 Å². The van der Waals surface area contributed by atoms with E-state index in [1.54, 1.807) is 0 Å². The Morgan fingerprint density at radius 3 is 1.43 bits per heavy atom. The van der Waals surface area contributed by atoms with Crippen molar-refractivity contribution in [3.05, 3.63) is 193 Å². The van der Waals surface area contributed by atoms with Gasteiger partial charge in [0.2, 0.25) is 0 Å². The molecule has 0 atom stereocenters. The van der Waals surface area contributed by atoms with Gasteiger partial charge in [-0.15, -0.1) is 0 Å². The largest absolute Gasteiger partial charge is 0.0619 e. The maximum atomic E-state index is 2.48. The van der Waals surface area contributed by atoms with Gasteiger partial charge in [-0.2, -0.15) is 0 Å². The number of benzene rings is 10. The Labute approximate surface area is 309 Å². The van der Waals surface area contributed by atoms with Crippen molar-refractivity contribution >= 4 is 53.9 Å². The summed E-state index contributed by atoms with van der Waals surface area (Å²) in [7, 11) is 0. The predicted octanol–water partition coefficient (Wildman–Crippen LogP) is 14.8. The molecule has 0 aliphatic heterocycles. The molecule has 0 unspecified atom stereocenters. The molecule has 53 heavy (non-hydrogen) atoms. The molecule has 0 radical (unpaired) electrons. The van der Waals surface area contributed by atoms with Crippen LogP contribution in [-0.2, 0) is 5.41 Å². The lowest BCUT2D eigenvalue weighted by atomic mass is 9.68. The van der Waals surface area contributed by atoms with Crippen LogP contribution in [0.4, 0.5) is 0 Å². The summed E-state index contributed by atoms with van der Waals surface area (Å²) >= 11 is 0. The molecule has 0 saturated carbocycles. The summed E-state index contributed by atoms with van der Waals surface area (Å²) in [4.78, 5) is 0. The Hall–Kier alpha value is -6.50. The van der Waals surface area contributed by atoms with E-state index in [4.69, 9.17) is 0 Å². The highest BCUT2D eigenvalue weighted by Crippen LogP contribution is 2.51. The van der Waals surface area contributed by atoms with Gasteiger partial charge in [-0.25, -0.2) is 0 Å². The molecule has 0 heteroatoms. The molecule has 248 valence electrons. The summed E-state index contributed by atoms with van der Waals surface area (Å²) in [6.45, 7) is 4.78. The third kappa shape index (κ3) is 4.30. The first-order valence-corrected chi connectivity index (χ1v) is 18.7. The Balaban J connectivity index is 1.18. The third-order valence-corrected chi connectivity index (χ3v) is 12.0. The summed E-state index contributed by atoms with van der Waals surface area (Å²) in [5.74, 6) is 0. The van der Waals surface area contributed by atoms with Crippen molar-refractivity contribution in [2.45, 2.75) is 19.3 Å². The van der Waals surface area contributed by atoms with Crippen LogP contribution in [0.5, 0.6) is 0 Å². The Kier molecular flexibility index (Phi) is 6.40. The molecule has 0 nitrogen and oxygen atoms in total. The van der Waals surface area contributed by atoms with Gasteiger partial charge < -0.3 is 0 Å². The third-order valence-electron chi connectivity index (χ3n) is 12.0. The minimum Gasteiger partial charge on any atom is -0.0619 e. The molecule has 0 fully saturated rings. The van der Waals surface area contributed by atoms with Gasteiger partial charge >= 0.3 is 0 Å². The summed E-state index contributed by atoms with van der Waals surface area (Å²) < 4.78 is 0. The number of hydrogen-bond acceptors (Lipinski definition) is 0. The molecule has 10 aromatic rings. The lowest BCUT2D eigenvalue weighted by molar-refractivity contribution is 0.645. The van der Waals surface area contributed by atoms with Crippen LogP contribution in [-0.4, -0.2) is 0 Å². The van der Waals surface area contributed by atoms with Gasteiger partial charge in [-0.3, -0.25) is 0 Å². The molecule has 0 spiro atoms. The van der Waals surface area contributed by atoms with Crippen LogP contribution in [0.2, 0.25) is 0 Å². The quantitative estimate of drug-likeness (QED) is 0.164. The van der Waals surface area contributed by atoms with E-state index in [0.717, 1.165) is 0 Å². The van der Waals surface area contributed by atoms with Crippen molar-refractivity contribution < 1.29 is 0 Å². The zero-order valence-corrected chi connectivity index (χ0v) is 29.8. The van der Waals surface area contributed by atoms with E-state index in [-0.39, 0.29) is 5.41 Å². The number of rotatable bonds is 3. The van der Waals surface area contributed by atoms with Crippen LogP contribution in [0.15, 0.2) is 182 Å². The van der Waals surface area contributed by atoms with Crippen LogP contribution in [0.3, 0.4) is 0 Å². The highest BCUT2D eigenvalue weighted by atomic mass is 14.4. The molecule has 0 saturated heterocycles. The zero-order valence-electron chi connectivity index (χ0n) is 29.8. The van der Waals surface area contributed by atoms with E-state index < -0.39 is 0 Å². The highest BCUT2D eigenvalue weighted by molar-refractivity contribution is 6.25. The van der Waals surface area contributed by atoms with Crippen molar-refractivity contribution in [3.63, 3.8) is 0 Å². The van der Waals surface area contributed by atoms with Gasteiger partial charge in [0.05, 0.1) is 0 Å². The normalized spacial score (nSPS) is 13.2. The fourth-order valence-corrected chi connectivity index (χ4v) is 9.63. The van der Waals surface area contributed by atoms with Gasteiger partial charge in [0, 0.05) is 5.41 Å². The van der Waals surface area contributed by atoms with E-state index in [2.05, 4.69) is 196 Å². The van der Waals surface area contributed by atoms with E-state index in [1.807, 2.05) is 0 Å². The van der Waals surface area contributed by atoms with E-state index >= 15 is 0 Å². The number of hydrogen-bond donors (Lipinski definition) is 0. The average Bonchev–Trinajstić information content (AvgIpc) is 3.21. The Bertz CT molecular complexity index is 3080. The lowest BCUT2D eigenvalue weighted by Crippen LogP contribution is -2.23. The van der Waals surface area contributed by atoms with Crippen molar-refractivity contribution in [2.24, 2.45) is 0 Å². The van der Waals surface area contributed by atoms with Crippen LogP contribution in [0.25, 0.3) is 98.4 Å². The Morgan fingerprint density at radius 2 is 0.755 bits per heavy atom. The van der Waals surface area contributed by atoms with E-state index in [0.29, 0.717) is 0 Å². The molecule has 0 N–H and O–H groups in total. The maximum absolute atomic E-state index is 2.48. The Morgan fingerprint density at radius 1 is 0.302 bits per heavy atom. The highest BCUT2D eigenvalue weighted by Gasteiger charge is 2.33. The first-order chi connectivity index (χ1) is 26.1. The first-order valence-electron chi connectivity index (χ1n) is 18.7. The zero-order chi connectivity index (χ0) is 35.3. The maximum Gasteiger partial charge on any atom is 0.0159 e. The van der Waals surface area contributed by atoms with Crippen LogP contribution in [0.1, 0.15) is 25.0 Å². The SMILES string of the molecule is CC1(C)c2ccccc2-c2cccc3cc(-c4ccc(-c5c6ccccc6c(-c6cccc7ccccc67)c6ccccc56)c5ccccc45)cc1c23. The molecule has 0 aromatic heterocycles. The minimum atomic E-state index is -0.126. The van der Waals surface area contributed by atoms with Crippen molar-refractivity contribution in [2.75, 3.05) is 0 Å². The second kappa shape index (κ2) is 11.2. The second-order valence-electron chi connectivity index (χ2n) is 15.2. The van der Waals surface area contributed by atoms with Crippen molar-refractivity contribution in [1.82, 2.24) is 0 Å². The van der Waals surface area contributed by atoms with Gasteiger partial charge in [0.25, 0.3) is 0 Å². The first kappa shape index (κ1) is 30.2. The van der Waals surface area contributed by atoms with Gasteiger partial charge in [-0.05, 0) is 122 Å². The second-order valence-corrected chi connectivity index (χ2v) is 15.2. The average molecular weight is 673 g/mol. The van der Waals surface area contributed by atoms with Crippen LogP contribution < -0.4 is 0 Å². The molecule has 0 bridgehead atoms. The fraction of sp³-hybridized carbons (Fsp3) is 0.0566. The number of fused-ring (bicyclic) bond motifs is 6. The van der Waals surface area contributed by atoms with Crippen LogP contribution in [0, 0.1) is 0 Å². The van der Waals surface area contributed by atoms with Gasteiger partial charge in [0.1, 0.15) is 0 Å². The molecular weight excluding hydrogens is 637 g/mol. The molecule has 11 rings (SSSR count). The summed E-state index contributed by atoms with van der Waals surface area (Å²) in [5, 5.41) is 12.9. The molecule has 0 amide bonds. The fourth-order valence-electron chi connectivity index (χ4n) is 9.63. The molecule has 1 aliphatic carbocycles. The topological polar surface area (TPSA) is 0 Å². The molecular formula is C53H36. The van der Waals surface area contributed by atoms with E-state index in [1.165, 1.54) is 109 Å². The van der Waals surface area contributed by atoms with Gasteiger partial charge in [0.15, 0.2) is 0 Å². The van der Waals surface area contributed by atoms with Crippen molar-refractivity contribution in [1.29, 1.82) is 0 Å². The van der Waals surface area contributed by atoms with Gasteiger partial charge in [-0.1, -0.05) is 184 Å². The summed E-state index contributed by atoms with van der Waals surface area (Å²) in [6.07, 6.45) is 0. The lowest BCUT2D eigenvalue weighted by Gasteiger charge is -2.35. The smallest absolute Gasteiger partial charge is 0.0159 e. The summed E-state index contributed by atoms with van der Waals surface area (Å²) in [5.41, 5.74) is 13.0. The van der Waals surface area contributed by atoms with E-state index in [9.17, 15) is 0 Å². The molecule has 1 aliphatic rings. The summed E-state index contributed by atoms with van der Waals surface area (Å²) in [6, 6.07) is 67.9. The minimum absolute atomic E-state index is 0.126. The van der Waals surface area contributed by atoms with Crippen LogP contribution >= 0.6 is 0 Å². The molecule has 0 heterocycles.